The molecule has 0 heterocycles. The van der Waals surface area contributed by atoms with E-state index in [2.05, 4.69) is 0 Å². The zero-order valence-electron chi connectivity index (χ0n) is 8.50. The number of carbonyl (C=O) groups is 1. The van der Waals surface area contributed by atoms with E-state index in [4.69, 9.17) is 0 Å². The Kier molecular flexibility index (Phi) is 3.32. The van der Waals surface area contributed by atoms with Gasteiger partial charge in [0.05, 0.1) is 0 Å². The molecule has 14 heavy (non-hydrogen) atoms. The Hall–Kier alpha value is -0.830. The van der Waals surface area contributed by atoms with Gasteiger partial charge in [-0.05, 0) is 12.1 Å². The van der Waals surface area contributed by atoms with Gasteiger partial charge in [-0.3, -0.25) is 4.79 Å². The molecule has 0 atom stereocenters. The second-order valence-corrected chi connectivity index (χ2v) is 5.89. The quantitative estimate of drug-likeness (QED) is 0.551. The topological polar surface area (TPSA) is 17.1 Å². The molecule has 76 valence electrons. The molecule has 1 aromatic carbocycles. The number of rotatable bonds is 2. The average Bonchev–Trinajstić information content (AvgIpc) is 2.06. The van der Waals surface area contributed by atoms with Crippen LogP contribution < -0.4 is 0 Å². The summed E-state index contributed by atoms with van der Waals surface area (Å²) in [4.78, 5) is 11.0. The van der Waals surface area contributed by atoms with Gasteiger partial charge in [0.25, 0.3) is 0 Å². The Morgan fingerprint density at radius 1 is 1.36 bits per heavy atom. The highest BCUT2D eigenvalue weighted by Crippen LogP contribution is 2.33. The summed E-state index contributed by atoms with van der Waals surface area (Å²) in [6.07, 6.45) is 0.647. The van der Waals surface area contributed by atoms with Gasteiger partial charge in [-0.1, -0.05) is 26.8 Å². The van der Waals surface area contributed by atoms with Gasteiger partial charge in [0.15, 0.2) is 0 Å². The van der Waals surface area contributed by atoms with Crippen molar-refractivity contribution < 1.29 is 9.18 Å². The summed E-state index contributed by atoms with van der Waals surface area (Å²) in [5.74, 6) is -0.325. The van der Waals surface area contributed by atoms with Crippen molar-refractivity contribution in [2.45, 2.75) is 30.4 Å². The second-order valence-electron chi connectivity index (χ2n) is 4.02. The molecule has 0 saturated heterocycles. The molecular formula is C11H13FOS. The van der Waals surface area contributed by atoms with Crippen LogP contribution in [-0.2, 0) is 0 Å². The third-order valence-corrected chi connectivity index (χ3v) is 2.67. The predicted octanol–water partition coefficient (Wildman–Crippen LogP) is 3.53. The molecule has 0 unspecified atom stereocenters. The molecule has 0 spiro atoms. The van der Waals surface area contributed by atoms with Gasteiger partial charge < -0.3 is 0 Å². The van der Waals surface area contributed by atoms with Crippen LogP contribution in [0.15, 0.2) is 23.1 Å². The van der Waals surface area contributed by atoms with Crippen molar-refractivity contribution in [1.82, 2.24) is 0 Å². The van der Waals surface area contributed by atoms with Gasteiger partial charge in [0, 0.05) is 15.2 Å². The Morgan fingerprint density at radius 3 is 2.43 bits per heavy atom. The predicted molar refractivity (Wildman–Crippen MR) is 57.4 cm³/mol. The summed E-state index contributed by atoms with van der Waals surface area (Å²) in [7, 11) is 0. The fourth-order valence-electron chi connectivity index (χ4n) is 1.00. The van der Waals surface area contributed by atoms with E-state index < -0.39 is 0 Å². The molecule has 0 aliphatic carbocycles. The molecular weight excluding hydrogens is 199 g/mol. The molecule has 1 nitrogen and oxygen atoms in total. The minimum absolute atomic E-state index is 0.0243. The minimum atomic E-state index is -0.325. The van der Waals surface area contributed by atoms with Crippen molar-refractivity contribution in [1.29, 1.82) is 0 Å². The zero-order valence-corrected chi connectivity index (χ0v) is 9.32. The third kappa shape index (κ3) is 3.14. The number of carbonyl (C=O) groups excluding carboxylic acids is 1. The summed E-state index contributed by atoms with van der Waals surface area (Å²) in [6.45, 7) is 6.06. The van der Waals surface area contributed by atoms with E-state index in [0.29, 0.717) is 16.7 Å². The zero-order chi connectivity index (χ0) is 10.8. The van der Waals surface area contributed by atoms with E-state index in [-0.39, 0.29) is 10.6 Å². The molecule has 0 N–H and O–H groups in total. The largest absolute Gasteiger partial charge is 0.298 e. The lowest BCUT2D eigenvalue weighted by atomic mass is 10.2. The van der Waals surface area contributed by atoms with E-state index in [0.717, 1.165) is 0 Å². The summed E-state index contributed by atoms with van der Waals surface area (Å²) < 4.78 is 13.4. The fourth-order valence-corrected chi connectivity index (χ4v) is 1.96. The Balaban J connectivity index is 2.95. The van der Waals surface area contributed by atoms with Crippen LogP contribution in [0.3, 0.4) is 0 Å². The molecule has 1 rings (SSSR count). The van der Waals surface area contributed by atoms with Gasteiger partial charge in [-0.25, -0.2) is 4.39 Å². The van der Waals surface area contributed by atoms with E-state index in [1.54, 1.807) is 12.1 Å². The number of halogens is 1. The van der Waals surface area contributed by atoms with Gasteiger partial charge >= 0.3 is 0 Å². The highest BCUT2D eigenvalue weighted by molar-refractivity contribution is 8.00. The van der Waals surface area contributed by atoms with Crippen LogP contribution in [0, 0.1) is 5.82 Å². The highest BCUT2D eigenvalue weighted by atomic mass is 32.2. The van der Waals surface area contributed by atoms with Gasteiger partial charge in [0.2, 0.25) is 0 Å². The average molecular weight is 212 g/mol. The lowest BCUT2D eigenvalue weighted by molar-refractivity contribution is 0.112. The molecule has 0 aliphatic heterocycles. The van der Waals surface area contributed by atoms with E-state index in [1.165, 1.54) is 17.8 Å². The van der Waals surface area contributed by atoms with Crippen LogP contribution in [0.25, 0.3) is 0 Å². The molecule has 0 aromatic heterocycles. The molecule has 0 bridgehead atoms. The number of hydrogen-bond acceptors (Lipinski definition) is 2. The van der Waals surface area contributed by atoms with E-state index in [1.807, 2.05) is 20.8 Å². The van der Waals surface area contributed by atoms with Crippen LogP contribution in [0.4, 0.5) is 4.39 Å². The summed E-state index contributed by atoms with van der Waals surface area (Å²) in [6, 6.07) is 4.54. The number of thioether (sulfide) groups is 1. The Morgan fingerprint density at radius 2 is 2.00 bits per heavy atom. The molecule has 0 radical (unpaired) electrons. The third-order valence-electron chi connectivity index (χ3n) is 1.51. The van der Waals surface area contributed by atoms with Crippen molar-refractivity contribution in [3.63, 3.8) is 0 Å². The van der Waals surface area contributed by atoms with Crippen molar-refractivity contribution >= 4 is 18.0 Å². The lowest BCUT2D eigenvalue weighted by Crippen LogP contribution is -2.07. The van der Waals surface area contributed by atoms with E-state index in [9.17, 15) is 9.18 Å². The summed E-state index contributed by atoms with van der Waals surface area (Å²) in [5, 5.41) is 0. The fraction of sp³-hybridized carbons (Fsp3) is 0.364. The molecule has 0 aliphatic rings. The monoisotopic (exact) mass is 212 g/mol. The summed E-state index contributed by atoms with van der Waals surface area (Å²) >= 11 is 1.46. The van der Waals surface area contributed by atoms with Gasteiger partial charge in [-0.2, -0.15) is 0 Å². The van der Waals surface area contributed by atoms with Gasteiger partial charge in [-0.15, -0.1) is 11.8 Å². The first kappa shape index (κ1) is 11.2. The standard InChI is InChI=1S/C11H13FOS/c1-11(2,3)14-10-5-4-8(7-13)6-9(10)12/h4-7H,1-3H3. The van der Waals surface area contributed by atoms with Crippen molar-refractivity contribution in [3.8, 4) is 0 Å². The maximum Gasteiger partial charge on any atom is 0.150 e. The van der Waals surface area contributed by atoms with Crippen LogP contribution in [-0.4, -0.2) is 11.0 Å². The smallest absolute Gasteiger partial charge is 0.150 e. The van der Waals surface area contributed by atoms with Crippen LogP contribution >= 0.6 is 11.8 Å². The van der Waals surface area contributed by atoms with Crippen LogP contribution in [0.2, 0.25) is 0 Å². The highest BCUT2D eigenvalue weighted by Gasteiger charge is 2.14. The number of hydrogen-bond donors (Lipinski definition) is 0. The van der Waals surface area contributed by atoms with Crippen LogP contribution in [0.1, 0.15) is 31.1 Å². The first-order chi connectivity index (χ1) is 6.42. The van der Waals surface area contributed by atoms with Crippen molar-refractivity contribution in [3.05, 3.63) is 29.6 Å². The maximum atomic E-state index is 13.4. The molecule has 3 heteroatoms. The number of benzene rings is 1. The Bertz CT molecular complexity index is 342. The van der Waals surface area contributed by atoms with Crippen LogP contribution in [0.5, 0.6) is 0 Å². The second kappa shape index (κ2) is 4.13. The number of aldehydes is 1. The van der Waals surface area contributed by atoms with Crippen molar-refractivity contribution in [2.75, 3.05) is 0 Å². The Labute approximate surface area is 87.7 Å². The maximum absolute atomic E-state index is 13.4. The molecule has 0 saturated carbocycles. The SMILES string of the molecule is CC(C)(C)Sc1ccc(C=O)cc1F. The lowest BCUT2D eigenvalue weighted by Gasteiger charge is -2.17. The minimum Gasteiger partial charge on any atom is -0.298 e. The normalized spacial score (nSPS) is 11.4. The van der Waals surface area contributed by atoms with E-state index >= 15 is 0 Å². The van der Waals surface area contributed by atoms with Gasteiger partial charge in [0.1, 0.15) is 12.1 Å². The summed E-state index contributed by atoms with van der Waals surface area (Å²) in [5.41, 5.74) is 0.376. The first-order valence-electron chi connectivity index (χ1n) is 4.36. The first-order valence-corrected chi connectivity index (χ1v) is 5.18. The molecule has 1 aromatic rings. The molecule has 0 amide bonds. The molecule has 0 fully saturated rings. The van der Waals surface area contributed by atoms with Crippen molar-refractivity contribution in [2.24, 2.45) is 0 Å².